The number of aromatic nitrogens is 1. The van der Waals surface area contributed by atoms with Crippen LogP contribution < -0.4 is 14.8 Å². The Balaban J connectivity index is 1.99. The number of sulfonamides is 1. The van der Waals surface area contributed by atoms with Crippen LogP contribution in [0.3, 0.4) is 0 Å². The third-order valence-corrected chi connectivity index (χ3v) is 7.55. The summed E-state index contributed by atoms with van der Waals surface area (Å²) < 4.78 is 86.8. The quantitative estimate of drug-likeness (QED) is 0.324. The Morgan fingerprint density at radius 2 is 1.80 bits per heavy atom. The van der Waals surface area contributed by atoms with Gasteiger partial charge >= 0.3 is 6.18 Å². The molecule has 0 bridgehead atoms. The maximum atomic E-state index is 14.3. The van der Waals surface area contributed by atoms with E-state index in [0.29, 0.717) is 21.7 Å². The number of aryl methyl sites for hydroxylation is 2. The van der Waals surface area contributed by atoms with Gasteiger partial charge in [-0.25, -0.2) is 17.8 Å². The summed E-state index contributed by atoms with van der Waals surface area (Å²) in [6, 6.07) is 8.63. The number of benzene rings is 2. The Morgan fingerprint density at radius 3 is 2.40 bits per heavy atom. The van der Waals surface area contributed by atoms with E-state index in [1.165, 1.54) is 39.2 Å². The van der Waals surface area contributed by atoms with Gasteiger partial charge in [-0.3, -0.25) is 4.72 Å². The molecule has 0 saturated carbocycles. The van der Waals surface area contributed by atoms with E-state index in [0.717, 1.165) is 17.4 Å². The van der Waals surface area contributed by atoms with Gasteiger partial charge in [0.25, 0.3) is 10.0 Å². The number of alkyl halides is 3. The van der Waals surface area contributed by atoms with E-state index >= 15 is 0 Å². The van der Waals surface area contributed by atoms with E-state index in [1.54, 1.807) is 26.0 Å². The number of ether oxygens (including phenoxy) is 1. The SMILES string of the molecule is COc1ccc(-c2sc(NC(C)(C)CC(F)(F)F)nc2C)cc1S(=O)(=O)Nc1c(C)cccc1F. The number of halogens is 4. The minimum absolute atomic E-state index is 0.0436. The molecule has 0 radical (unpaired) electrons. The number of hydrogen-bond donors (Lipinski definition) is 2. The van der Waals surface area contributed by atoms with Gasteiger partial charge in [-0.1, -0.05) is 23.5 Å². The molecule has 0 saturated heterocycles. The average molecular weight is 532 g/mol. The summed E-state index contributed by atoms with van der Waals surface area (Å²) in [5.41, 5.74) is -0.0956. The van der Waals surface area contributed by atoms with Gasteiger partial charge in [0.05, 0.1) is 29.8 Å². The van der Waals surface area contributed by atoms with E-state index in [4.69, 9.17) is 4.74 Å². The molecule has 12 heteroatoms. The van der Waals surface area contributed by atoms with Crippen LogP contribution in [-0.4, -0.2) is 32.2 Å². The van der Waals surface area contributed by atoms with Crippen LogP contribution in [0.5, 0.6) is 5.75 Å². The van der Waals surface area contributed by atoms with Gasteiger partial charge in [-0.15, -0.1) is 0 Å². The van der Waals surface area contributed by atoms with Crippen molar-refractivity contribution in [3.05, 3.63) is 53.5 Å². The molecule has 0 atom stereocenters. The number of rotatable bonds is 8. The normalized spacial score (nSPS) is 12.5. The van der Waals surface area contributed by atoms with Gasteiger partial charge in [-0.2, -0.15) is 13.2 Å². The molecule has 190 valence electrons. The molecule has 6 nitrogen and oxygen atoms in total. The van der Waals surface area contributed by atoms with E-state index in [1.807, 2.05) is 0 Å². The summed E-state index contributed by atoms with van der Waals surface area (Å²) in [6.45, 7) is 6.09. The zero-order valence-corrected chi connectivity index (χ0v) is 21.3. The largest absolute Gasteiger partial charge is 0.495 e. The summed E-state index contributed by atoms with van der Waals surface area (Å²) >= 11 is 1.10. The lowest BCUT2D eigenvalue weighted by atomic mass is 10.0. The third kappa shape index (κ3) is 6.43. The highest BCUT2D eigenvalue weighted by Crippen LogP contribution is 2.39. The van der Waals surface area contributed by atoms with Crippen LogP contribution in [0, 0.1) is 19.7 Å². The Kier molecular flexibility index (Phi) is 7.37. The zero-order valence-electron chi connectivity index (χ0n) is 19.7. The van der Waals surface area contributed by atoms with Crippen molar-refractivity contribution >= 4 is 32.2 Å². The molecule has 0 aliphatic heterocycles. The highest BCUT2D eigenvalue weighted by molar-refractivity contribution is 7.92. The van der Waals surface area contributed by atoms with Crippen LogP contribution in [0.4, 0.5) is 28.4 Å². The first-order chi connectivity index (χ1) is 16.1. The lowest BCUT2D eigenvalue weighted by Gasteiger charge is -2.26. The first kappa shape index (κ1) is 26.7. The van der Waals surface area contributed by atoms with Crippen LogP contribution in [0.1, 0.15) is 31.5 Å². The summed E-state index contributed by atoms with van der Waals surface area (Å²) in [5.74, 6) is -0.679. The van der Waals surface area contributed by atoms with Crippen molar-refractivity contribution in [2.75, 3.05) is 17.1 Å². The monoisotopic (exact) mass is 531 g/mol. The van der Waals surface area contributed by atoms with Gasteiger partial charge < -0.3 is 10.1 Å². The van der Waals surface area contributed by atoms with E-state index in [2.05, 4.69) is 15.0 Å². The molecular formula is C23H25F4N3O3S2. The van der Waals surface area contributed by atoms with Crippen molar-refractivity contribution in [1.82, 2.24) is 4.98 Å². The molecule has 3 rings (SSSR count). The third-order valence-electron chi connectivity index (χ3n) is 5.06. The van der Waals surface area contributed by atoms with Gasteiger partial charge in [0.15, 0.2) is 5.13 Å². The molecule has 0 aliphatic rings. The average Bonchev–Trinajstić information content (AvgIpc) is 3.07. The second-order valence-electron chi connectivity index (χ2n) is 8.64. The molecule has 1 aromatic heterocycles. The molecule has 2 aromatic carbocycles. The second kappa shape index (κ2) is 9.65. The van der Waals surface area contributed by atoms with Gasteiger partial charge in [0.1, 0.15) is 16.5 Å². The maximum absolute atomic E-state index is 14.3. The predicted molar refractivity (Wildman–Crippen MR) is 129 cm³/mol. The Labute approximate surface area is 205 Å². The highest BCUT2D eigenvalue weighted by atomic mass is 32.2. The minimum Gasteiger partial charge on any atom is -0.495 e. The zero-order chi connectivity index (χ0) is 26.2. The lowest BCUT2D eigenvalue weighted by molar-refractivity contribution is -0.142. The Hall–Kier alpha value is -2.86. The van der Waals surface area contributed by atoms with E-state index < -0.39 is 34.0 Å². The van der Waals surface area contributed by atoms with Crippen molar-refractivity contribution in [3.8, 4) is 16.2 Å². The summed E-state index contributed by atoms with van der Waals surface area (Å²) in [4.78, 5) is 4.67. The molecule has 0 spiro atoms. The molecule has 35 heavy (non-hydrogen) atoms. The molecule has 1 heterocycles. The predicted octanol–water partition coefficient (Wildman–Crippen LogP) is 6.52. The fourth-order valence-corrected chi connectivity index (χ4v) is 6.01. The molecule has 0 aliphatic carbocycles. The molecule has 0 unspecified atom stereocenters. The first-order valence-electron chi connectivity index (χ1n) is 10.4. The minimum atomic E-state index is -4.35. The summed E-state index contributed by atoms with van der Waals surface area (Å²) in [7, 11) is -2.95. The number of nitrogens with one attached hydrogen (secondary N) is 2. The number of nitrogens with zero attached hydrogens (tertiary/aromatic N) is 1. The number of thiazole rings is 1. The van der Waals surface area contributed by atoms with Crippen molar-refractivity contribution in [2.24, 2.45) is 0 Å². The maximum Gasteiger partial charge on any atom is 0.391 e. The summed E-state index contributed by atoms with van der Waals surface area (Å²) in [6.07, 6.45) is -5.41. The number of anilines is 2. The smallest absolute Gasteiger partial charge is 0.391 e. The first-order valence-corrected chi connectivity index (χ1v) is 12.7. The number of methoxy groups -OCH3 is 1. The van der Waals surface area contributed by atoms with Gasteiger partial charge in [0.2, 0.25) is 0 Å². The van der Waals surface area contributed by atoms with Crippen molar-refractivity contribution < 1.29 is 30.7 Å². The van der Waals surface area contributed by atoms with Crippen molar-refractivity contribution in [3.63, 3.8) is 0 Å². The topological polar surface area (TPSA) is 80.3 Å². The van der Waals surface area contributed by atoms with Crippen molar-refractivity contribution in [2.45, 2.75) is 50.7 Å². The highest BCUT2D eigenvalue weighted by Gasteiger charge is 2.37. The molecule has 0 fully saturated rings. The van der Waals surface area contributed by atoms with E-state index in [9.17, 15) is 26.0 Å². The second-order valence-corrected chi connectivity index (χ2v) is 11.3. The molecule has 3 aromatic rings. The van der Waals surface area contributed by atoms with Crippen LogP contribution in [-0.2, 0) is 10.0 Å². The molecule has 0 amide bonds. The van der Waals surface area contributed by atoms with Crippen molar-refractivity contribution in [1.29, 1.82) is 0 Å². The number of hydrogen-bond acceptors (Lipinski definition) is 6. The molecular weight excluding hydrogens is 506 g/mol. The van der Waals surface area contributed by atoms with Crippen LogP contribution in [0.15, 0.2) is 41.3 Å². The van der Waals surface area contributed by atoms with Gasteiger partial charge in [-0.05, 0) is 63.1 Å². The number of para-hydroxylation sites is 1. The lowest BCUT2D eigenvalue weighted by Crippen LogP contribution is -2.36. The Bertz CT molecular complexity index is 1320. The standard InChI is InChI=1S/C23H25F4N3O3S2/c1-13-7-6-8-16(24)19(13)30-35(31,32)18-11-15(9-10-17(18)33-5)20-14(2)28-21(34-20)29-22(3,4)12-23(25,26)27/h6-11,30H,12H2,1-5H3,(H,28,29). The van der Waals surface area contributed by atoms with Crippen LogP contribution >= 0.6 is 11.3 Å². The fraction of sp³-hybridized carbons (Fsp3) is 0.348. The Morgan fingerprint density at radius 1 is 1.11 bits per heavy atom. The van der Waals surface area contributed by atoms with E-state index in [-0.39, 0.29) is 21.5 Å². The molecule has 2 N–H and O–H groups in total. The van der Waals surface area contributed by atoms with Gasteiger partial charge in [0, 0.05) is 5.54 Å². The summed E-state index contributed by atoms with van der Waals surface area (Å²) in [5, 5.41) is 3.08. The van der Waals surface area contributed by atoms with Crippen LogP contribution in [0.2, 0.25) is 0 Å². The van der Waals surface area contributed by atoms with Crippen LogP contribution in [0.25, 0.3) is 10.4 Å². The fourth-order valence-electron chi connectivity index (χ4n) is 3.53.